The Balaban J connectivity index is 0.000000516. The summed E-state index contributed by atoms with van der Waals surface area (Å²) in [5, 5.41) is 37.1. The molecule has 0 bridgehead atoms. The van der Waals surface area contributed by atoms with Gasteiger partial charge in [0.25, 0.3) is 0 Å². The number of rotatable bonds is 21. The zero-order chi connectivity index (χ0) is 58.9. The maximum atomic E-state index is 11.8. The van der Waals surface area contributed by atoms with Gasteiger partial charge < -0.3 is 25.5 Å². The Morgan fingerprint density at radius 3 is 1.14 bits per heavy atom. The summed E-state index contributed by atoms with van der Waals surface area (Å²) in [4.78, 5) is 35.2. The number of carbonyl (C=O) groups excluding carboxylic acids is 1. The standard InChI is InChI=1S/C35H47NO3.C33H43NO3.CH4O2.Na.H2O/c1-9-35(10-2,28-15-13-27(24(4)20-28)14-19-32(37)34(6,7)8)29-16-17-30(25(5)21-29)31-18-12-26(23-36-31)22-33(38)39-11-3;1-8-33(9-2,26-13-11-25(22(3)18-26)12-17-30(35)32(5,6)7)27-14-15-28(23(4)19-27)29-16-10-24(21-34-29)20-31(36)37;1-3-2;;/h12-13,15-18,20-21,23,32,37H,9-11,14,19,22H2,1-8H3;10-11,13-16,18-19,21,30,35H,8-9,12,17,20H2,1-7H3,(H,36,37);2H,1H3;;1H2/q;;;+1;/p-1. The van der Waals surface area contributed by atoms with Crippen LogP contribution in [-0.2, 0) is 55.7 Å². The second kappa shape index (κ2) is 32.7. The van der Waals surface area contributed by atoms with Crippen LogP contribution in [0.1, 0.15) is 181 Å². The van der Waals surface area contributed by atoms with Crippen molar-refractivity contribution in [3.05, 3.63) is 176 Å². The van der Waals surface area contributed by atoms with E-state index < -0.39 is 5.97 Å². The Labute approximate surface area is 507 Å². The zero-order valence-electron chi connectivity index (χ0n) is 52.1. The van der Waals surface area contributed by atoms with Crippen molar-refractivity contribution in [1.29, 1.82) is 0 Å². The molecule has 436 valence electrons. The van der Waals surface area contributed by atoms with Crippen LogP contribution in [0, 0.1) is 38.5 Å². The molecule has 0 aliphatic heterocycles. The van der Waals surface area contributed by atoms with E-state index in [2.05, 4.69) is 185 Å². The van der Waals surface area contributed by atoms with Crippen molar-refractivity contribution in [1.82, 2.24) is 9.97 Å². The predicted octanol–water partition coefficient (Wildman–Crippen LogP) is 12.3. The topological polar surface area (TPSA) is 189 Å². The van der Waals surface area contributed by atoms with Gasteiger partial charge >= 0.3 is 41.5 Å². The molecule has 2 unspecified atom stereocenters. The number of nitrogens with zero attached hydrogens (tertiary/aromatic N) is 2. The maximum Gasteiger partial charge on any atom is 1.00 e. The van der Waals surface area contributed by atoms with Crippen LogP contribution in [0.5, 0.6) is 0 Å². The summed E-state index contributed by atoms with van der Waals surface area (Å²) < 4.78 is 5.05. The summed E-state index contributed by atoms with van der Waals surface area (Å²) >= 11 is 0. The van der Waals surface area contributed by atoms with E-state index in [0.29, 0.717) is 12.2 Å². The van der Waals surface area contributed by atoms with Crippen LogP contribution in [0.2, 0.25) is 0 Å². The average Bonchev–Trinajstić information content (AvgIpc) is 3.44. The average molecular weight is 1120 g/mol. The van der Waals surface area contributed by atoms with Gasteiger partial charge in [0, 0.05) is 34.4 Å². The number of carboxylic acids is 1. The van der Waals surface area contributed by atoms with Gasteiger partial charge in [-0.2, -0.15) is 0 Å². The molecule has 6 rings (SSSR count). The summed E-state index contributed by atoms with van der Waals surface area (Å²) in [7, 11) is 1.18. The fourth-order valence-corrected chi connectivity index (χ4v) is 10.9. The molecule has 0 aliphatic rings. The van der Waals surface area contributed by atoms with Gasteiger partial charge in [0.15, 0.2) is 0 Å². The van der Waals surface area contributed by atoms with Crippen LogP contribution in [0.3, 0.4) is 0 Å². The number of esters is 1. The Morgan fingerprint density at radius 2 is 0.864 bits per heavy atom. The molecule has 0 spiro atoms. The molecule has 11 nitrogen and oxygen atoms in total. The number of aryl methyl sites for hydroxylation is 6. The minimum atomic E-state index is -0.851. The molecule has 5 N–H and O–H groups in total. The number of carboxylic acid groups (broad SMARTS) is 1. The van der Waals surface area contributed by atoms with E-state index in [1.54, 1.807) is 12.4 Å². The number of aromatic nitrogens is 2. The Hall–Kier alpha value is -5.08. The first-order valence-corrected chi connectivity index (χ1v) is 28.5. The summed E-state index contributed by atoms with van der Waals surface area (Å²) in [6.45, 7) is 32.5. The molecular formula is C69H95N2NaO9. The van der Waals surface area contributed by atoms with E-state index in [9.17, 15) is 19.8 Å². The van der Waals surface area contributed by atoms with Gasteiger partial charge in [0.1, 0.15) is 0 Å². The minimum Gasteiger partial charge on any atom is -0.870 e. The first-order chi connectivity index (χ1) is 37.3. The van der Waals surface area contributed by atoms with Crippen molar-refractivity contribution < 1.29 is 74.8 Å². The van der Waals surface area contributed by atoms with Gasteiger partial charge in [-0.1, -0.05) is 154 Å². The van der Waals surface area contributed by atoms with E-state index in [1.165, 1.54) is 57.2 Å². The SMILES string of the molecule is CCC(CC)(c1ccc(CCC(O)C(C)(C)C)c(C)c1)c1ccc(-c2ccc(CC(=O)O)cn2)c(C)c1.CCOC(=O)Cc1ccc(-c2ccc(C(CC)(CC)c3ccc(CCC(O)C(C)(C)C)c(C)c3)cc2C)nc1.COO.[Na+].[OH-]. The molecule has 0 radical (unpaired) electrons. The van der Waals surface area contributed by atoms with Crippen LogP contribution in [0.15, 0.2) is 109 Å². The molecular weight excluding hydrogens is 1020 g/mol. The van der Waals surface area contributed by atoms with Crippen LogP contribution in [0.4, 0.5) is 0 Å². The van der Waals surface area contributed by atoms with E-state index >= 15 is 0 Å². The van der Waals surface area contributed by atoms with Gasteiger partial charge in [0.05, 0.1) is 50.2 Å². The molecule has 0 saturated carbocycles. The quantitative estimate of drug-likeness (QED) is 0.0232. The number of aliphatic hydroxyl groups is 2. The molecule has 0 amide bonds. The number of hydrogen-bond donors (Lipinski definition) is 4. The Bertz CT molecular complexity index is 2900. The third-order valence-electron chi connectivity index (χ3n) is 16.3. The molecule has 6 aromatic rings. The zero-order valence-corrected chi connectivity index (χ0v) is 54.1. The minimum absolute atomic E-state index is 0. The third kappa shape index (κ3) is 19.2. The van der Waals surface area contributed by atoms with Gasteiger partial charge in [-0.3, -0.25) is 24.8 Å². The van der Waals surface area contributed by atoms with Gasteiger partial charge in [-0.15, -0.1) is 0 Å². The van der Waals surface area contributed by atoms with Gasteiger partial charge in [0.2, 0.25) is 0 Å². The first kappa shape index (κ1) is 72.0. The Morgan fingerprint density at radius 1 is 0.531 bits per heavy atom. The van der Waals surface area contributed by atoms with Crippen LogP contribution < -0.4 is 29.6 Å². The van der Waals surface area contributed by atoms with Crippen molar-refractivity contribution in [3.8, 4) is 22.5 Å². The number of benzene rings is 4. The van der Waals surface area contributed by atoms with E-state index in [4.69, 9.17) is 15.1 Å². The molecule has 12 heteroatoms. The van der Waals surface area contributed by atoms with Crippen molar-refractivity contribution in [3.63, 3.8) is 0 Å². The first-order valence-electron chi connectivity index (χ1n) is 28.5. The summed E-state index contributed by atoms with van der Waals surface area (Å²) in [5.74, 6) is -1.08. The fraction of sp³-hybridized carbons (Fsp3) is 0.478. The van der Waals surface area contributed by atoms with E-state index in [1.807, 2.05) is 31.2 Å². The number of pyridine rings is 2. The maximum absolute atomic E-state index is 11.8. The van der Waals surface area contributed by atoms with E-state index in [0.717, 1.165) is 85.0 Å². The van der Waals surface area contributed by atoms with Crippen molar-refractivity contribution in [2.24, 2.45) is 10.8 Å². The van der Waals surface area contributed by atoms with Crippen molar-refractivity contribution in [2.75, 3.05) is 13.7 Å². The molecule has 0 fully saturated rings. The summed E-state index contributed by atoms with van der Waals surface area (Å²) in [5.41, 5.74) is 18.0. The second-order valence-corrected chi connectivity index (χ2v) is 23.6. The number of hydrogen-bond acceptors (Lipinski definition) is 10. The fourth-order valence-electron chi connectivity index (χ4n) is 10.9. The van der Waals surface area contributed by atoms with Crippen LogP contribution in [0.25, 0.3) is 22.5 Å². The number of carbonyl (C=O) groups is 2. The van der Waals surface area contributed by atoms with Gasteiger partial charge in [-0.25, -0.2) is 4.89 Å². The number of ether oxygens (including phenoxy) is 1. The third-order valence-corrected chi connectivity index (χ3v) is 16.3. The summed E-state index contributed by atoms with van der Waals surface area (Å²) in [6.07, 6.45) is 10.3. The van der Waals surface area contributed by atoms with Crippen molar-refractivity contribution >= 4 is 11.9 Å². The Kier molecular flexibility index (Phi) is 29.1. The molecule has 2 atom stereocenters. The number of aliphatic hydroxyl groups excluding tert-OH is 2. The smallest absolute Gasteiger partial charge is 0.870 e. The molecule has 2 aromatic heterocycles. The van der Waals surface area contributed by atoms with Crippen LogP contribution >= 0.6 is 0 Å². The van der Waals surface area contributed by atoms with Gasteiger partial charge in [-0.05, 0) is 176 Å². The predicted molar refractivity (Wildman–Crippen MR) is 325 cm³/mol. The van der Waals surface area contributed by atoms with E-state index in [-0.39, 0.29) is 87.7 Å². The van der Waals surface area contributed by atoms with Crippen molar-refractivity contribution in [2.45, 2.75) is 191 Å². The second-order valence-electron chi connectivity index (χ2n) is 23.6. The monoisotopic (exact) mass is 1120 g/mol. The molecule has 81 heavy (non-hydrogen) atoms. The molecule has 0 aliphatic carbocycles. The van der Waals surface area contributed by atoms with Crippen LogP contribution in [-0.4, -0.2) is 73.9 Å². The largest absolute Gasteiger partial charge is 1.00 e. The molecule has 2 heterocycles. The normalized spacial score (nSPS) is 12.3. The molecule has 4 aromatic carbocycles. The number of aliphatic carboxylic acids is 1. The molecule has 0 saturated heterocycles. The summed E-state index contributed by atoms with van der Waals surface area (Å²) in [6, 6.07) is 34.9.